The Kier molecular flexibility index (Phi) is 4.11. The Morgan fingerprint density at radius 2 is 2.05 bits per heavy atom. The summed E-state index contributed by atoms with van der Waals surface area (Å²) in [5, 5.41) is 0. The summed E-state index contributed by atoms with van der Waals surface area (Å²) in [5.74, 6) is 2.25. The van der Waals surface area contributed by atoms with Crippen molar-refractivity contribution in [1.82, 2.24) is 9.55 Å². The summed E-state index contributed by atoms with van der Waals surface area (Å²) in [7, 11) is 5.18. The maximum absolute atomic E-state index is 5.72. The van der Waals surface area contributed by atoms with Gasteiger partial charge in [-0.1, -0.05) is 0 Å². The van der Waals surface area contributed by atoms with Crippen LogP contribution >= 0.6 is 15.9 Å². The quantitative estimate of drug-likeness (QED) is 0.937. The Balaban J connectivity index is 2.58. The van der Waals surface area contributed by atoms with E-state index in [1.807, 2.05) is 29.8 Å². The average Bonchev–Trinajstić information content (AvgIpc) is 2.72. The molecule has 2 aromatic rings. The van der Waals surface area contributed by atoms with Gasteiger partial charge in [-0.05, 0) is 28.1 Å². The first-order chi connectivity index (χ1) is 9.12. The van der Waals surface area contributed by atoms with E-state index in [0.29, 0.717) is 12.3 Å². The molecule has 0 radical (unpaired) electrons. The normalized spacial score (nSPS) is 10.6. The second kappa shape index (κ2) is 5.63. The van der Waals surface area contributed by atoms with Gasteiger partial charge in [-0.2, -0.15) is 0 Å². The Bertz CT molecular complexity index is 596. The highest BCUT2D eigenvalue weighted by Crippen LogP contribution is 2.34. The summed E-state index contributed by atoms with van der Waals surface area (Å²) in [4.78, 5) is 4.49. The van der Waals surface area contributed by atoms with E-state index in [1.165, 1.54) is 0 Å². The van der Waals surface area contributed by atoms with E-state index in [9.17, 15) is 0 Å². The van der Waals surface area contributed by atoms with Crippen molar-refractivity contribution < 1.29 is 9.47 Å². The molecule has 0 bridgehead atoms. The molecule has 0 fully saturated rings. The Labute approximate surface area is 120 Å². The fourth-order valence-corrected chi connectivity index (χ4v) is 2.54. The zero-order valence-corrected chi connectivity index (χ0v) is 12.7. The van der Waals surface area contributed by atoms with Gasteiger partial charge < -0.3 is 19.8 Å². The molecule has 0 atom stereocenters. The lowest BCUT2D eigenvalue weighted by Crippen LogP contribution is -2.05. The van der Waals surface area contributed by atoms with Crippen molar-refractivity contribution in [2.24, 2.45) is 12.8 Å². The van der Waals surface area contributed by atoms with Crippen molar-refractivity contribution in [2.45, 2.75) is 6.54 Å². The summed E-state index contributed by atoms with van der Waals surface area (Å²) < 4.78 is 13.3. The van der Waals surface area contributed by atoms with Crippen molar-refractivity contribution in [3.05, 3.63) is 28.5 Å². The fourth-order valence-electron chi connectivity index (χ4n) is 1.94. The summed E-state index contributed by atoms with van der Waals surface area (Å²) in [6.45, 7) is 0.419. The molecule has 0 spiro atoms. The third-order valence-electron chi connectivity index (χ3n) is 3.01. The molecule has 0 saturated carbocycles. The van der Waals surface area contributed by atoms with Crippen LogP contribution in [0.4, 0.5) is 0 Å². The number of benzene rings is 1. The molecule has 1 heterocycles. The minimum Gasteiger partial charge on any atom is -0.497 e. The van der Waals surface area contributed by atoms with Crippen LogP contribution in [0.15, 0.2) is 22.8 Å². The third-order valence-corrected chi connectivity index (χ3v) is 3.64. The predicted octanol–water partition coefficient (Wildman–Crippen LogP) is 2.33. The highest BCUT2D eigenvalue weighted by molar-refractivity contribution is 9.10. The standard InChI is InChI=1S/C13H16BrN3O2/c1-17-10(7-15)12(14)16-13(17)9-5-4-8(18-2)6-11(9)19-3/h4-6H,7,15H2,1-3H3. The molecular weight excluding hydrogens is 310 g/mol. The second-order valence-electron chi connectivity index (χ2n) is 4.00. The first-order valence-corrected chi connectivity index (χ1v) is 6.55. The van der Waals surface area contributed by atoms with Gasteiger partial charge in [0.1, 0.15) is 21.9 Å². The number of aromatic nitrogens is 2. The first-order valence-electron chi connectivity index (χ1n) is 5.76. The number of imidazole rings is 1. The van der Waals surface area contributed by atoms with Crippen LogP contribution in [0.3, 0.4) is 0 Å². The third kappa shape index (κ3) is 2.46. The number of halogens is 1. The van der Waals surface area contributed by atoms with Crippen LogP contribution in [0.2, 0.25) is 0 Å². The lowest BCUT2D eigenvalue weighted by atomic mass is 10.1. The lowest BCUT2D eigenvalue weighted by molar-refractivity contribution is 0.395. The Morgan fingerprint density at radius 1 is 1.32 bits per heavy atom. The fraction of sp³-hybridized carbons (Fsp3) is 0.308. The van der Waals surface area contributed by atoms with Crippen LogP contribution in [0.5, 0.6) is 11.5 Å². The lowest BCUT2D eigenvalue weighted by Gasteiger charge is -2.10. The van der Waals surface area contributed by atoms with E-state index < -0.39 is 0 Å². The molecule has 19 heavy (non-hydrogen) atoms. The molecule has 0 aliphatic carbocycles. The smallest absolute Gasteiger partial charge is 0.145 e. The van der Waals surface area contributed by atoms with Crippen molar-refractivity contribution in [3.8, 4) is 22.9 Å². The summed E-state index contributed by atoms with van der Waals surface area (Å²) in [6.07, 6.45) is 0. The molecule has 0 aliphatic rings. The molecule has 2 N–H and O–H groups in total. The minimum atomic E-state index is 0.419. The number of rotatable bonds is 4. The van der Waals surface area contributed by atoms with Crippen molar-refractivity contribution in [3.63, 3.8) is 0 Å². The molecule has 0 unspecified atom stereocenters. The number of ether oxygens (including phenoxy) is 2. The van der Waals surface area contributed by atoms with E-state index in [4.69, 9.17) is 15.2 Å². The van der Waals surface area contributed by atoms with Gasteiger partial charge in [-0.15, -0.1) is 0 Å². The zero-order valence-electron chi connectivity index (χ0n) is 11.1. The van der Waals surface area contributed by atoms with Crippen molar-refractivity contribution >= 4 is 15.9 Å². The average molecular weight is 326 g/mol. The molecule has 0 saturated heterocycles. The van der Waals surface area contributed by atoms with Gasteiger partial charge in [0.2, 0.25) is 0 Å². The van der Waals surface area contributed by atoms with Gasteiger partial charge in [-0.25, -0.2) is 4.98 Å². The van der Waals surface area contributed by atoms with Crippen LogP contribution in [-0.2, 0) is 13.6 Å². The molecule has 0 amide bonds. The second-order valence-corrected chi connectivity index (χ2v) is 4.75. The number of nitrogens with zero attached hydrogens (tertiary/aromatic N) is 2. The molecule has 102 valence electrons. The summed E-state index contributed by atoms with van der Waals surface area (Å²) in [6, 6.07) is 5.63. The molecule has 5 nitrogen and oxygen atoms in total. The van der Waals surface area contributed by atoms with Crippen molar-refractivity contribution in [1.29, 1.82) is 0 Å². The van der Waals surface area contributed by atoms with E-state index in [1.54, 1.807) is 14.2 Å². The molecule has 1 aromatic heterocycles. The predicted molar refractivity (Wildman–Crippen MR) is 77.3 cm³/mol. The minimum absolute atomic E-state index is 0.419. The Hall–Kier alpha value is -1.53. The topological polar surface area (TPSA) is 62.3 Å². The maximum Gasteiger partial charge on any atom is 0.145 e. The van der Waals surface area contributed by atoms with Crippen LogP contribution < -0.4 is 15.2 Å². The molecule has 1 aromatic carbocycles. The maximum atomic E-state index is 5.72. The van der Waals surface area contributed by atoms with Crippen molar-refractivity contribution in [2.75, 3.05) is 14.2 Å². The number of nitrogens with two attached hydrogens (primary N) is 1. The molecular formula is C13H16BrN3O2. The van der Waals surface area contributed by atoms with E-state index in [2.05, 4.69) is 20.9 Å². The monoisotopic (exact) mass is 325 g/mol. The van der Waals surface area contributed by atoms with Gasteiger partial charge in [0, 0.05) is 19.7 Å². The zero-order chi connectivity index (χ0) is 14.0. The van der Waals surface area contributed by atoms with E-state index in [-0.39, 0.29) is 0 Å². The van der Waals surface area contributed by atoms with Gasteiger partial charge in [-0.3, -0.25) is 0 Å². The first kappa shape index (κ1) is 13.9. The van der Waals surface area contributed by atoms with Gasteiger partial charge in [0.05, 0.1) is 25.5 Å². The van der Waals surface area contributed by atoms with E-state index in [0.717, 1.165) is 27.4 Å². The number of hydrogen-bond donors (Lipinski definition) is 1. The number of hydrogen-bond acceptors (Lipinski definition) is 4. The molecule has 6 heteroatoms. The van der Waals surface area contributed by atoms with Gasteiger partial charge in [0.15, 0.2) is 0 Å². The number of methoxy groups -OCH3 is 2. The molecule has 0 aliphatic heterocycles. The molecule has 2 rings (SSSR count). The highest BCUT2D eigenvalue weighted by Gasteiger charge is 2.16. The van der Waals surface area contributed by atoms with Crippen LogP contribution in [0.25, 0.3) is 11.4 Å². The van der Waals surface area contributed by atoms with Gasteiger partial charge in [0.25, 0.3) is 0 Å². The summed E-state index contributed by atoms with van der Waals surface area (Å²) >= 11 is 3.42. The van der Waals surface area contributed by atoms with Crippen LogP contribution in [-0.4, -0.2) is 23.8 Å². The van der Waals surface area contributed by atoms with E-state index >= 15 is 0 Å². The van der Waals surface area contributed by atoms with Crippen LogP contribution in [0, 0.1) is 0 Å². The SMILES string of the molecule is COc1ccc(-c2nc(Br)c(CN)n2C)c(OC)c1. The summed E-state index contributed by atoms with van der Waals surface area (Å²) in [5.41, 5.74) is 7.55. The van der Waals surface area contributed by atoms with Crippen LogP contribution in [0.1, 0.15) is 5.69 Å². The highest BCUT2D eigenvalue weighted by atomic mass is 79.9. The van der Waals surface area contributed by atoms with Gasteiger partial charge >= 0.3 is 0 Å². The largest absolute Gasteiger partial charge is 0.497 e. The Morgan fingerprint density at radius 3 is 2.58 bits per heavy atom.